The SMILES string of the molecule is O=C(Nc1nc2c(s1)CN(C(=O)c1c(F)cccc1Cl)CC2)c1ccccn1. The molecule has 142 valence electrons. The smallest absolute Gasteiger partial charge is 0.276 e. The van der Waals surface area contributed by atoms with Gasteiger partial charge in [-0.2, -0.15) is 0 Å². The lowest BCUT2D eigenvalue weighted by Gasteiger charge is -2.26. The number of carbonyl (C=O) groups is 2. The van der Waals surface area contributed by atoms with E-state index in [2.05, 4.69) is 15.3 Å². The van der Waals surface area contributed by atoms with Crippen molar-refractivity contribution in [1.29, 1.82) is 0 Å². The molecule has 6 nitrogen and oxygen atoms in total. The van der Waals surface area contributed by atoms with Crippen LogP contribution in [0.15, 0.2) is 42.6 Å². The normalized spacial score (nSPS) is 13.1. The number of thiazole rings is 1. The van der Waals surface area contributed by atoms with Crippen molar-refractivity contribution in [3.63, 3.8) is 0 Å². The fourth-order valence-electron chi connectivity index (χ4n) is 2.94. The van der Waals surface area contributed by atoms with E-state index in [1.807, 2.05) is 0 Å². The van der Waals surface area contributed by atoms with Gasteiger partial charge in [0.25, 0.3) is 11.8 Å². The second kappa shape index (κ2) is 7.65. The van der Waals surface area contributed by atoms with Crippen LogP contribution in [0.4, 0.5) is 9.52 Å². The van der Waals surface area contributed by atoms with Gasteiger partial charge in [-0.3, -0.25) is 19.9 Å². The highest BCUT2D eigenvalue weighted by molar-refractivity contribution is 7.15. The minimum atomic E-state index is -0.643. The summed E-state index contributed by atoms with van der Waals surface area (Å²) in [6.45, 7) is 0.684. The summed E-state index contributed by atoms with van der Waals surface area (Å²) >= 11 is 7.30. The molecule has 28 heavy (non-hydrogen) atoms. The van der Waals surface area contributed by atoms with Crippen LogP contribution in [0.2, 0.25) is 5.02 Å². The minimum absolute atomic E-state index is 0.0865. The number of benzene rings is 1. The van der Waals surface area contributed by atoms with Crippen LogP contribution in [0.25, 0.3) is 0 Å². The van der Waals surface area contributed by atoms with Gasteiger partial charge in [-0.05, 0) is 24.3 Å². The van der Waals surface area contributed by atoms with E-state index in [0.717, 1.165) is 10.6 Å². The van der Waals surface area contributed by atoms with Crippen molar-refractivity contribution in [2.75, 3.05) is 11.9 Å². The first-order valence-corrected chi connectivity index (χ1v) is 9.66. The van der Waals surface area contributed by atoms with Crippen LogP contribution in [0.5, 0.6) is 0 Å². The number of amides is 2. The predicted octanol–water partition coefficient (Wildman–Crippen LogP) is 3.78. The molecule has 3 aromatic rings. The molecule has 0 radical (unpaired) electrons. The number of aromatic nitrogens is 2. The minimum Gasteiger partial charge on any atom is -0.333 e. The third-order valence-electron chi connectivity index (χ3n) is 4.31. The molecule has 0 saturated heterocycles. The largest absolute Gasteiger partial charge is 0.333 e. The van der Waals surface area contributed by atoms with Crippen molar-refractivity contribution in [1.82, 2.24) is 14.9 Å². The fourth-order valence-corrected chi connectivity index (χ4v) is 4.20. The van der Waals surface area contributed by atoms with Crippen LogP contribution in [0, 0.1) is 5.82 Å². The number of hydrogen-bond acceptors (Lipinski definition) is 5. The van der Waals surface area contributed by atoms with Crippen LogP contribution in [-0.4, -0.2) is 33.2 Å². The van der Waals surface area contributed by atoms with E-state index in [-0.39, 0.29) is 23.0 Å². The van der Waals surface area contributed by atoms with Gasteiger partial charge in [-0.15, -0.1) is 0 Å². The average Bonchev–Trinajstić information content (AvgIpc) is 3.09. The number of fused-ring (bicyclic) bond motifs is 1. The number of hydrogen-bond donors (Lipinski definition) is 1. The number of halogens is 2. The topological polar surface area (TPSA) is 75.2 Å². The first-order valence-electron chi connectivity index (χ1n) is 8.47. The van der Waals surface area contributed by atoms with Gasteiger partial charge >= 0.3 is 0 Å². The summed E-state index contributed by atoms with van der Waals surface area (Å²) in [5, 5.41) is 3.26. The molecule has 2 amide bonds. The van der Waals surface area contributed by atoms with Crippen LogP contribution in [-0.2, 0) is 13.0 Å². The summed E-state index contributed by atoms with van der Waals surface area (Å²) in [5.74, 6) is -1.45. The zero-order valence-electron chi connectivity index (χ0n) is 14.5. The maximum atomic E-state index is 14.1. The highest BCUT2D eigenvalue weighted by Gasteiger charge is 2.28. The van der Waals surface area contributed by atoms with Crippen molar-refractivity contribution in [2.24, 2.45) is 0 Å². The molecule has 0 fully saturated rings. The van der Waals surface area contributed by atoms with Gasteiger partial charge in [-0.1, -0.05) is 35.1 Å². The van der Waals surface area contributed by atoms with Crippen molar-refractivity contribution >= 4 is 39.9 Å². The lowest BCUT2D eigenvalue weighted by molar-refractivity contribution is 0.0731. The second-order valence-corrected chi connectivity index (χ2v) is 7.62. The Morgan fingerprint density at radius 1 is 1.21 bits per heavy atom. The van der Waals surface area contributed by atoms with E-state index in [1.165, 1.54) is 34.4 Å². The highest BCUT2D eigenvalue weighted by Crippen LogP contribution is 2.30. The van der Waals surface area contributed by atoms with E-state index in [4.69, 9.17) is 11.6 Å². The molecule has 0 unspecified atom stereocenters. The summed E-state index contributed by atoms with van der Waals surface area (Å²) in [5.41, 5.74) is 0.993. The number of pyridine rings is 1. The number of nitrogens with zero attached hydrogens (tertiary/aromatic N) is 3. The Labute approximate surface area is 169 Å². The van der Waals surface area contributed by atoms with Crippen molar-refractivity contribution in [3.8, 4) is 0 Å². The zero-order chi connectivity index (χ0) is 19.7. The van der Waals surface area contributed by atoms with Crippen molar-refractivity contribution < 1.29 is 14.0 Å². The number of rotatable bonds is 3. The van der Waals surface area contributed by atoms with E-state index < -0.39 is 11.7 Å². The van der Waals surface area contributed by atoms with Crippen LogP contribution >= 0.6 is 22.9 Å². The second-order valence-electron chi connectivity index (χ2n) is 6.13. The van der Waals surface area contributed by atoms with Gasteiger partial charge in [0.2, 0.25) is 0 Å². The van der Waals surface area contributed by atoms with Crippen molar-refractivity contribution in [3.05, 3.63) is 75.3 Å². The van der Waals surface area contributed by atoms with Gasteiger partial charge in [0.15, 0.2) is 5.13 Å². The molecule has 1 aliphatic rings. The van der Waals surface area contributed by atoms with E-state index in [0.29, 0.717) is 23.8 Å². The third kappa shape index (κ3) is 3.61. The van der Waals surface area contributed by atoms with Gasteiger partial charge in [0.1, 0.15) is 11.5 Å². The summed E-state index contributed by atoms with van der Waals surface area (Å²) in [7, 11) is 0. The lowest BCUT2D eigenvalue weighted by Crippen LogP contribution is -2.36. The van der Waals surface area contributed by atoms with Crippen LogP contribution in [0.3, 0.4) is 0 Å². The third-order valence-corrected chi connectivity index (χ3v) is 5.63. The Balaban J connectivity index is 1.50. The highest BCUT2D eigenvalue weighted by atomic mass is 35.5. The Hall–Kier alpha value is -2.84. The van der Waals surface area contributed by atoms with Gasteiger partial charge in [-0.25, -0.2) is 9.37 Å². The zero-order valence-corrected chi connectivity index (χ0v) is 16.1. The quantitative estimate of drug-likeness (QED) is 0.705. The molecule has 9 heteroatoms. The van der Waals surface area contributed by atoms with E-state index >= 15 is 0 Å². The molecule has 0 spiro atoms. The predicted molar refractivity (Wildman–Crippen MR) is 104 cm³/mol. The molecule has 0 bridgehead atoms. The Kier molecular flexibility index (Phi) is 5.06. The molecule has 1 N–H and O–H groups in total. The maximum Gasteiger partial charge on any atom is 0.276 e. The summed E-state index contributed by atoms with van der Waals surface area (Å²) in [6, 6.07) is 9.24. The Bertz CT molecular complexity index is 1040. The average molecular weight is 417 g/mol. The number of nitrogens with one attached hydrogen (secondary N) is 1. The summed E-state index contributed by atoms with van der Waals surface area (Å²) < 4.78 is 14.1. The molecule has 2 aromatic heterocycles. The molecule has 0 aliphatic carbocycles. The molecule has 0 saturated carbocycles. The summed E-state index contributed by atoms with van der Waals surface area (Å²) in [6.07, 6.45) is 2.06. The maximum absolute atomic E-state index is 14.1. The van der Waals surface area contributed by atoms with E-state index in [1.54, 1.807) is 24.4 Å². The lowest BCUT2D eigenvalue weighted by atomic mass is 10.1. The van der Waals surface area contributed by atoms with Crippen molar-refractivity contribution in [2.45, 2.75) is 13.0 Å². The Morgan fingerprint density at radius 2 is 2.07 bits per heavy atom. The molecule has 1 aromatic carbocycles. The number of anilines is 1. The fraction of sp³-hybridized carbons (Fsp3) is 0.158. The van der Waals surface area contributed by atoms with Gasteiger partial charge < -0.3 is 4.90 Å². The molecule has 1 aliphatic heterocycles. The molecule has 4 rings (SSSR count). The molecular weight excluding hydrogens is 403 g/mol. The first-order chi connectivity index (χ1) is 13.5. The number of carbonyl (C=O) groups excluding carboxylic acids is 2. The van der Waals surface area contributed by atoms with Crippen LogP contribution in [0.1, 0.15) is 31.4 Å². The standard InChI is InChI=1S/C19H14ClFN4O2S/c20-11-4-3-5-12(21)16(11)18(27)25-9-7-13-15(10-25)28-19(23-13)24-17(26)14-6-1-2-8-22-14/h1-6,8H,7,9-10H2,(H,23,24,26). The molecule has 0 atom stereocenters. The van der Waals surface area contributed by atoms with Gasteiger partial charge in [0.05, 0.1) is 22.8 Å². The summed E-state index contributed by atoms with van der Waals surface area (Å²) in [4.78, 5) is 35.8. The van der Waals surface area contributed by atoms with Crippen LogP contribution < -0.4 is 5.32 Å². The van der Waals surface area contributed by atoms with Gasteiger partial charge in [0, 0.05) is 24.0 Å². The first kappa shape index (κ1) is 18.5. The monoisotopic (exact) mass is 416 g/mol. The Morgan fingerprint density at radius 3 is 2.82 bits per heavy atom. The van der Waals surface area contributed by atoms with E-state index in [9.17, 15) is 14.0 Å². The molecular formula is C19H14ClFN4O2S. The molecule has 3 heterocycles.